The van der Waals surface area contributed by atoms with E-state index in [4.69, 9.17) is 10.3 Å². The van der Waals surface area contributed by atoms with Gasteiger partial charge in [-0.05, 0) is 12.1 Å². The Morgan fingerprint density at radius 2 is 1.86 bits per heavy atom. The van der Waals surface area contributed by atoms with Gasteiger partial charge in [0.05, 0.1) is 16.8 Å². The predicted octanol–water partition coefficient (Wildman–Crippen LogP) is 5.07. The van der Waals surface area contributed by atoms with Crippen LogP contribution >= 0.6 is 0 Å². The van der Waals surface area contributed by atoms with E-state index in [0.29, 0.717) is 18.5 Å². The number of nitrogens with one attached hydrogen (secondary N) is 2. The van der Waals surface area contributed by atoms with Crippen LogP contribution in [0.25, 0.3) is 0 Å². The maximum atomic E-state index is 13.9. The zero-order chi connectivity index (χ0) is 20.9. The number of rotatable bonds is 7. The standard InChI is InChI=1S/C15H10F7N5O/c16-9-1-2-10(12(17)11(9)13(18)19)24-5-8(27-23)6-28-14-25-3-7(4-26-14)15(20,21)22/h1-5,13,23-24H,6H2/b8-5-,27-23?. The molecule has 6 nitrogen and oxygen atoms in total. The zero-order valence-electron chi connectivity index (χ0n) is 13.6. The van der Waals surface area contributed by atoms with Crippen molar-refractivity contribution < 1.29 is 35.5 Å². The number of alkyl halides is 5. The molecule has 2 rings (SSSR count). The molecule has 0 saturated carbocycles. The fourth-order valence-corrected chi connectivity index (χ4v) is 1.82. The summed E-state index contributed by atoms with van der Waals surface area (Å²) in [6.07, 6.45) is -6.13. The first-order valence-corrected chi connectivity index (χ1v) is 7.24. The molecule has 0 aliphatic heterocycles. The Morgan fingerprint density at radius 3 is 2.39 bits per heavy atom. The molecule has 1 aromatic carbocycles. The number of ether oxygens (including phenoxy) is 1. The highest BCUT2D eigenvalue weighted by atomic mass is 19.4. The molecular formula is C15H10F7N5O. The average molecular weight is 409 g/mol. The quantitative estimate of drug-likeness (QED) is 0.494. The minimum atomic E-state index is -4.62. The molecule has 13 heteroatoms. The number of halogens is 7. The number of benzene rings is 1. The summed E-state index contributed by atoms with van der Waals surface area (Å²) in [4.78, 5) is 6.67. The van der Waals surface area contributed by atoms with Crippen LogP contribution in [0, 0.1) is 17.2 Å². The number of aromatic nitrogens is 2. The van der Waals surface area contributed by atoms with Gasteiger partial charge in [-0.1, -0.05) is 0 Å². The first-order chi connectivity index (χ1) is 13.1. The Labute approximate surface area is 152 Å². The SMILES string of the molecule is N=N/C(=C\Nc1ccc(F)c(C(F)F)c1F)COc1ncc(C(F)(F)F)cn1. The van der Waals surface area contributed by atoms with Gasteiger partial charge in [0.1, 0.15) is 18.1 Å². The van der Waals surface area contributed by atoms with Crippen LogP contribution in [-0.4, -0.2) is 16.6 Å². The average Bonchev–Trinajstić information content (AvgIpc) is 2.62. The lowest BCUT2D eigenvalue weighted by Crippen LogP contribution is -2.09. The van der Waals surface area contributed by atoms with E-state index in [-0.39, 0.29) is 5.70 Å². The van der Waals surface area contributed by atoms with Gasteiger partial charge in [-0.2, -0.15) is 18.3 Å². The van der Waals surface area contributed by atoms with Crippen LogP contribution in [0.1, 0.15) is 17.6 Å². The molecule has 0 amide bonds. The smallest absolute Gasteiger partial charge is 0.419 e. The zero-order valence-corrected chi connectivity index (χ0v) is 13.6. The van der Waals surface area contributed by atoms with Crippen molar-refractivity contribution in [3.63, 3.8) is 0 Å². The highest BCUT2D eigenvalue weighted by Crippen LogP contribution is 2.30. The highest BCUT2D eigenvalue weighted by Gasteiger charge is 2.31. The van der Waals surface area contributed by atoms with E-state index in [0.717, 1.165) is 12.3 Å². The predicted molar refractivity (Wildman–Crippen MR) is 80.7 cm³/mol. The molecule has 0 unspecified atom stereocenters. The lowest BCUT2D eigenvalue weighted by molar-refractivity contribution is -0.138. The maximum absolute atomic E-state index is 13.9. The van der Waals surface area contributed by atoms with Gasteiger partial charge in [-0.15, -0.1) is 0 Å². The first kappa shape index (κ1) is 21.1. The monoisotopic (exact) mass is 409 g/mol. The van der Waals surface area contributed by atoms with Crippen molar-refractivity contribution in [2.24, 2.45) is 5.11 Å². The molecule has 0 radical (unpaired) electrons. The molecule has 0 saturated heterocycles. The first-order valence-electron chi connectivity index (χ1n) is 7.24. The van der Waals surface area contributed by atoms with Gasteiger partial charge in [-0.25, -0.2) is 33.1 Å². The van der Waals surface area contributed by atoms with Crippen LogP contribution in [0.2, 0.25) is 0 Å². The number of nitrogens with zero attached hydrogens (tertiary/aromatic N) is 3. The van der Waals surface area contributed by atoms with Crippen molar-refractivity contribution in [2.75, 3.05) is 11.9 Å². The molecular weight excluding hydrogens is 399 g/mol. The van der Waals surface area contributed by atoms with Gasteiger partial charge in [0.15, 0.2) is 5.82 Å². The topological polar surface area (TPSA) is 83.2 Å². The molecule has 0 bridgehead atoms. The molecule has 0 atom stereocenters. The second-order valence-corrected chi connectivity index (χ2v) is 5.06. The van der Waals surface area contributed by atoms with E-state index in [9.17, 15) is 30.7 Å². The molecule has 0 spiro atoms. The largest absolute Gasteiger partial charge is 0.457 e. The summed E-state index contributed by atoms with van der Waals surface area (Å²) in [5.74, 6) is -2.95. The second-order valence-electron chi connectivity index (χ2n) is 5.06. The van der Waals surface area contributed by atoms with E-state index in [2.05, 4.69) is 20.4 Å². The Hall–Kier alpha value is -3.25. The van der Waals surface area contributed by atoms with Gasteiger partial charge in [0.25, 0.3) is 6.43 Å². The van der Waals surface area contributed by atoms with Crippen LogP contribution in [0.4, 0.5) is 36.4 Å². The third-order valence-electron chi connectivity index (χ3n) is 3.19. The van der Waals surface area contributed by atoms with E-state index < -0.39 is 53.7 Å². The van der Waals surface area contributed by atoms with Gasteiger partial charge in [0, 0.05) is 18.6 Å². The summed E-state index contributed by atoms with van der Waals surface area (Å²) >= 11 is 0. The third kappa shape index (κ3) is 5.14. The van der Waals surface area contributed by atoms with Gasteiger partial charge < -0.3 is 10.1 Å². The molecule has 28 heavy (non-hydrogen) atoms. The van der Waals surface area contributed by atoms with Crippen LogP contribution in [0.3, 0.4) is 0 Å². The summed E-state index contributed by atoms with van der Waals surface area (Å²) in [6, 6.07) is 1.04. The highest BCUT2D eigenvalue weighted by molar-refractivity contribution is 5.50. The van der Waals surface area contributed by atoms with Crippen LogP contribution < -0.4 is 10.1 Å². The number of anilines is 1. The molecule has 0 aliphatic carbocycles. The fourth-order valence-electron chi connectivity index (χ4n) is 1.82. The minimum absolute atomic E-state index is 0.217. The van der Waals surface area contributed by atoms with Crippen molar-refractivity contribution >= 4 is 5.69 Å². The van der Waals surface area contributed by atoms with Crippen LogP contribution in [-0.2, 0) is 6.18 Å². The summed E-state index contributed by atoms with van der Waals surface area (Å²) in [6.45, 7) is -0.508. The van der Waals surface area contributed by atoms with Gasteiger partial charge >= 0.3 is 12.2 Å². The molecule has 2 N–H and O–H groups in total. The Bertz CT molecular complexity index is 868. The molecule has 1 aromatic heterocycles. The lowest BCUT2D eigenvalue weighted by Gasteiger charge is -2.10. The second kappa shape index (κ2) is 8.63. The molecule has 150 valence electrons. The molecule has 0 aliphatic rings. The molecule has 0 fully saturated rings. The summed E-state index contributed by atoms with van der Waals surface area (Å²) in [5, 5.41) is 5.25. The van der Waals surface area contributed by atoms with Crippen LogP contribution in [0.5, 0.6) is 6.01 Å². The van der Waals surface area contributed by atoms with Crippen molar-refractivity contribution in [2.45, 2.75) is 12.6 Å². The molecule has 2 aromatic rings. The van der Waals surface area contributed by atoms with Crippen molar-refractivity contribution in [3.8, 4) is 6.01 Å². The van der Waals surface area contributed by atoms with E-state index in [1.807, 2.05) is 0 Å². The fraction of sp³-hybridized carbons (Fsp3) is 0.200. The van der Waals surface area contributed by atoms with Crippen molar-refractivity contribution in [1.82, 2.24) is 9.97 Å². The lowest BCUT2D eigenvalue weighted by atomic mass is 10.1. The Balaban J connectivity index is 2.07. The normalized spacial score (nSPS) is 12.2. The van der Waals surface area contributed by atoms with E-state index in [1.165, 1.54) is 0 Å². The number of hydrogen-bond acceptors (Lipinski definition) is 6. The number of hydrogen-bond donors (Lipinski definition) is 2. The van der Waals surface area contributed by atoms with Crippen LogP contribution in [0.15, 0.2) is 41.5 Å². The molecule has 1 heterocycles. The maximum Gasteiger partial charge on any atom is 0.419 e. The van der Waals surface area contributed by atoms with Crippen molar-refractivity contribution in [1.29, 1.82) is 5.53 Å². The van der Waals surface area contributed by atoms with E-state index >= 15 is 0 Å². The summed E-state index contributed by atoms with van der Waals surface area (Å²) in [7, 11) is 0. The van der Waals surface area contributed by atoms with Crippen molar-refractivity contribution in [3.05, 3.63) is 59.2 Å². The summed E-state index contributed by atoms with van der Waals surface area (Å²) < 4.78 is 94.6. The third-order valence-corrected chi connectivity index (χ3v) is 3.19. The Morgan fingerprint density at radius 1 is 1.21 bits per heavy atom. The van der Waals surface area contributed by atoms with Gasteiger partial charge in [-0.3, -0.25) is 0 Å². The van der Waals surface area contributed by atoms with Gasteiger partial charge in [0.2, 0.25) is 0 Å². The Kier molecular flexibility index (Phi) is 6.49. The summed E-state index contributed by atoms with van der Waals surface area (Å²) in [5.41, 5.74) is 3.74. The van der Waals surface area contributed by atoms with E-state index in [1.54, 1.807) is 0 Å². The minimum Gasteiger partial charge on any atom is -0.457 e.